The van der Waals surface area contributed by atoms with Gasteiger partial charge in [0, 0.05) is 18.0 Å². The lowest BCUT2D eigenvalue weighted by Crippen LogP contribution is -2.27. The van der Waals surface area contributed by atoms with Gasteiger partial charge >= 0.3 is 6.09 Å². The highest BCUT2D eigenvalue weighted by atomic mass is 32.2. The molecule has 0 aliphatic heterocycles. The Morgan fingerprint density at radius 2 is 1.96 bits per heavy atom. The molecule has 1 unspecified atom stereocenters. The summed E-state index contributed by atoms with van der Waals surface area (Å²) in [4.78, 5) is 11.7. The molecule has 6 nitrogen and oxygen atoms in total. The number of sulfone groups is 1. The van der Waals surface area contributed by atoms with Gasteiger partial charge in [0.05, 0.1) is 11.4 Å². The Kier molecular flexibility index (Phi) is 5.98. The predicted molar refractivity (Wildman–Crippen MR) is 89.1 cm³/mol. The average molecular weight is 346 g/mol. The van der Waals surface area contributed by atoms with Gasteiger partial charge in [-0.25, -0.2) is 17.6 Å². The number of amides is 1. The highest BCUT2D eigenvalue weighted by Crippen LogP contribution is 2.21. The molecule has 0 radical (unpaired) electrons. The fourth-order valence-corrected chi connectivity index (χ4v) is 2.90. The lowest BCUT2D eigenvalue weighted by molar-refractivity contribution is 0.0635. The number of benzene rings is 1. The van der Waals surface area contributed by atoms with E-state index in [0.29, 0.717) is 5.69 Å². The van der Waals surface area contributed by atoms with Gasteiger partial charge in [-0.3, -0.25) is 5.32 Å². The van der Waals surface area contributed by atoms with Gasteiger partial charge in [-0.1, -0.05) is 0 Å². The van der Waals surface area contributed by atoms with E-state index < -0.39 is 27.3 Å². The molecule has 8 heteroatoms. The topological polar surface area (TPSA) is 84.5 Å². The predicted octanol–water partition coefficient (Wildman–Crippen LogP) is 3.02. The third-order valence-corrected chi connectivity index (χ3v) is 3.67. The lowest BCUT2D eigenvalue weighted by Gasteiger charge is -2.20. The van der Waals surface area contributed by atoms with Crippen molar-refractivity contribution in [3.05, 3.63) is 24.0 Å². The highest BCUT2D eigenvalue weighted by Gasteiger charge is 2.18. The second-order valence-electron chi connectivity index (χ2n) is 6.46. The highest BCUT2D eigenvalue weighted by molar-refractivity contribution is 7.90. The SMILES string of the molecule is CC(CS(C)(=O)=O)Nc1ccc(F)c(NC(=O)OC(C)(C)C)c1. The minimum Gasteiger partial charge on any atom is -0.444 e. The van der Waals surface area contributed by atoms with E-state index in [1.165, 1.54) is 18.2 Å². The maximum Gasteiger partial charge on any atom is 0.412 e. The summed E-state index contributed by atoms with van der Waals surface area (Å²) in [5.41, 5.74) is -0.245. The average Bonchev–Trinajstić information content (AvgIpc) is 2.28. The zero-order valence-corrected chi connectivity index (χ0v) is 14.8. The standard InChI is InChI=1S/C15H23FN2O4S/c1-10(9-23(5,20)21)17-11-6-7-12(16)13(8-11)18-14(19)22-15(2,3)4/h6-8,10,17H,9H2,1-5H3,(H,18,19). The number of nitrogens with one attached hydrogen (secondary N) is 2. The van der Waals surface area contributed by atoms with Crippen molar-refractivity contribution in [3.63, 3.8) is 0 Å². The van der Waals surface area contributed by atoms with Crippen molar-refractivity contribution >= 4 is 27.3 Å². The normalized spacial score (nSPS) is 13.3. The first kappa shape index (κ1) is 19.2. The van der Waals surface area contributed by atoms with Crippen molar-refractivity contribution in [2.24, 2.45) is 0 Å². The second kappa shape index (κ2) is 7.16. The van der Waals surface area contributed by atoms with Gasteiger partial charge in [0.1, 0.15) is 21.3 Å². The molecule has 1 rings (SSSR count). The smallest absolute Gasteiger partial charge is 0.412 e. The van der Waals surface area contributed by atoms with Crippen molar-refractivity contribution in [2.45, 2.75) is 39.3 Å². The lowest BCUT2D eigenvalue weighted by atomic mass is 10.2. The number of anilines is 2. The molecule has 0 fully saturated rings. The van der Waals surface area contributed by atoms with Crippen LogP contribution in [0.25, 0.3) is 0 Å². The monoisotopic (exact) mass is 346 g/mol. The van der Waals surface area contributed by atoms with Crippen LogP contribution in [0, 0.1) is 5.82 Å². The number of rotatable bonds is 5. The van der Waals surface area contributed by atoms with E-state index in [1.807, 2.05) is 0 Å². The van der Waals surface area contributed by atoms with Crippen molar-refractivity contribution in [1.29, 1.82) is 0 Å². The summed E-state index contributed by atoms with van der Waals surface area (Å²) in [6.07, 6.45) is 0.378. The summed E-state index contributed by atoms with van der Waals surface area (Å²) in [7, 11) is -3.13. The summed E-state index contributed by atoms with van der Waals surface area (Å²) < 4.78 is 41.4. The van der Waals surface area contributed by atoms with Crippen LogP contribution in [0.3, 0.4) is 0 Å². The molecule has 1 aromatic rings. The third kappa shape index (κ3) is 7.83. The first-order valence-electron chi connectivity index (χ1n) is 7.09. The minimum absolute atomic E-state index is 0.0456. The molecule has 0 saturated carbocycles. The van der Waals surface area contributed by atoms with Crippen molar-refractivity contribution in [3.8, 4) is 0 Å². The van der Waals surface area contributed by atoms with Crippen molar-refractivity contribution < 1.29 is 22.3 Å². The Balaban J connectivity index is 2.81. The largest absolute Gasteiger partial charge is 0.444 e. The summed E-state index contributed by atoms with van der Waals surface area (Å²) in [5.74, 6) is -0.670. The van der Waals surface area contributed by atoms with Gasteiger partial charge in [-0.2, -0.15) is 0 Å². The van der Waals surface area contributed by atoms with Gasteiger partial charge in [0.15, 0.2) is 0 Å². The number of hydrogen-bond acceptors (Lipinski definition) is 5. The van der Waals surface area contributed by atoms with Crippen LogP contribution >= 0.6 is 0 Å². The van der Waals surface area contributed by atoms with E-state index in [4.69, 9.17) is 4.74 Å². The summed E-state index contributed by atoms with van der Waals surface area (Å²) in [6, 6.07) is 3.68. The molecule has 2 N–H and O–H groups in total. The molecule has 0 aliphatic rings. The van der Waals surface area contributed by atoms with Crippen LogP contribution in [0.1, 0.15) is 27.7 Å². The van der Waals surface area contributed by atoms with Crippen molar-refractivity contribution in [1.82, 2.24) is 0 Å². The van der Waals surface area contributed by atoms with Crippen molar-refractivity contribution in [2.75, 3.05) is 22.6 Å². The fraction of sp³-hybridized carbons (Fsp3) is 0.533. The zero-order chi connectivity index (χ0) is 17.8. The first-order chi connectivity index (χ1) is 10.4. The fourth-order valence-electron chi connectivity index (χ4n) is 1.90. The van der Waals surface area contributed by atoms with Gasteiger partial charge < -0.3 is 10.1 Å². The maximum absolute atomic E-state index is 13.8. The number of halogens is 1. The van der Waals surface area contributed by atoms with Crippen LogP contribution in [0.2, 0.25) is 0 Å². The summed E-state index contributed by atoms with van der Waals surface area (Å²) in [6.45, 7) is 6.81. The Hall–Kier alpha value is -1.83. The molecule has 23 heavy (non-hydrogen) atoms. The Labute approximate surface area is 136 Å². The van der Waals surface area contributed by atoms with Gasteiger partial charge in [0.25, 0.3) is 0 Å². The maximum atomic E-state index is 13.8. The Morgan fingerprint density at radius 1 is 1.35 bits per heavy atom. The molecule has 1 atom stereocenters. The number of carbonyl (C=O) groups excluding carboxylic acids is 1. The van der Waals surface area contributed by atoms with Gasteiger partial charge in [-0.05, 0) is 45.9 Å². The first-order valence-corrected chi connectivity index (χ1v) is 9.15. The molecule has 1 aromatic carbocycles. The molecule has 0 heterocycles. The number of hydrogen-bond donors (Lipinski definition) is 2. The van der Waals surface area contributed by atoms with E-state index >= 15 is 0 Å². The molecular weight excluding hydrogens is 323 g/mol. The summed E-state index contributed by atoms with van der Waals surface area (Å²) >= 11 is 0. The Bertz CT molecular complexity index is 669. The van der Waals surface area contributed by atoms with Crippen LogP contribution in [-0.2, 0) is 14.6 Å². The van der Waals surface area contributed by atoms with Crippen LogP contribution in [0.5, 0.6) is 0 Å². The van der Waals surface area contributed by atoms with Gasteiger partial charge in [-0.15, -0.1) is 0 Å². The second-order valence-corrected chi connectivity index (χ2v) is 8.64. The zero-order valence-electron chi connectivity index (χ0n) is 13.9. The molecule has 0 saturated heterocycles. The molecule has 0 bridgehead atoms. The van der Waals surface area contributed by atoms with Gasteiger partial charge in [0.2, 0.25) is 0 Å². The van der Waals surface area contributed by atoms with E-state index in [9.17, 15) is 17.6 Å². The van der Waals surface area contributed by atoms with Crippen LogP contribution < -0.4 is 10.6 Å². The van der Waals surface area contributed by atoms with E-state index in [1.54, 1.807) is 27.7 Å². The van der Waals surface area contributed by atoms with E-state index in [-0.39, 0.29) is 17.5 Å². The van der Waals surface area contributed by atoms with Crippen LogP contribution in [0.15, 0.2) is 18.2 Å². The van der Waals surface area contributed by atoms with E-state index in [0.717, 1.165) is 6.26 Å². The van der Waals surface area contributed by atoms with Crippen LogP contribution in [0.4, 0.5) is 20.6 Å². The van der Waals surface area contributed by atoms with Crippen LogP contribution in [-0.4, -0.2) is 38.2 Å². The molecular formula is C15H23FN2O4S. The molecule has 130 valence electrons. The molecule has 0 aromatic heterocycles. The third-order valence-electron chi connectivity index (χ3n) is 2.57. The van der Waals surface area contributed by atoms with E-state index in [2.05, 4.69) is 10.6 Å². The molecule has 0 aliphatic carbocycles. The minimum atomic E-state index is -3.13. The Morgan fingerprint density at radius 3 is 2.48 bits per heavy atom. The molecule has 1 amide bonds. The number of carbonyl (C=O) groups is 1. The quantitative estimate of drug-likeness (QED) is 0.856. The number of ether oxygens (including phenoxy) is 1. The summed E-state index contributed by atoms with van der Waals surface area (Å²) in [5, 5.41) is 5.28. The molecule has 0 spiro atoms.